The monoisotopic (exact) mass is 204 g/mol. The van der Waals surface area contributed by atoms with Gasteiger partial charge in [-0.1, -0.05) is 30.3 Å². The fourth-order valence-electron chi connectivity index (χ4n) is 1.37. The van der Waals surface area contributed by atoms with Crippen LogP contribution in [0.4, 0.5) is 0 Å². The van der Waals surface area contributed by atoms with Crippen molar-refractivity contribution in [3.8, 4) is 0 Å². The second-order valence-electron chi connectivity index (χ2n) is 3.33. The van der Waals surface area contributed by atoms with Gasteiger partial charge in [-0.3, -0.25) is 0 Å². The first-order valence-electron chi connectivity index (χ1n) is 4.71. The van der Waals surface area contributed by atoms with Crippen molar-refractivity contribution >= 4 is 0 Å². The summed E-state index contributed by atoms with van der Waals surface area (Å²) in [6.45, 7) is 0. The maximum Gasteiger partial charge on any atom is 0.177 e. The van der Waals surface area contributed by atoms with Crippen molar-refractivity contribution in [2.45, 2.75) is 12.5 Å². The zero-order valence-electron chi connectivity index (χ0n) is 8.41. The van der Waals surface area contributed by atoms with Crippen LogP contribution in [0.3, 0.4) is 0 Å². The fraction of sp³-hybridized carbons (Fsp3) is 0.300. The van der Waals surface area contributed by atoms with Crippen molar-refractivity contribution in [1.82, 2.24) is 20.2 Å². The minimum Gasteiger partial charge on any atom is -0.388 e. The number of tetrazole rings is 1. The fourth-order valence-corrected chi connectivity index (χ4v) is 1.37. The van der Waals surface area contributed by atoms with Gasteiger partial charge in [-0.05, 0) is 10.8 Å². The topological polar surface area (TPSA) is 63.8 Å². The zero-order chi connectivity index (χ0) is 10.7. The van der Waals surface area contributed by atoms with E-state index in [0.717, 1.165) is 5.56 Å². The predicted octanol–water partition coefficient (Wildman–Crippen LogP) is 0.486. The van der Waals surface area contributed by atoms with Crippen LogP contribution in [0, 0.1) is 0 Å². The van der Waals surface area contributed by atoms with Crippen LogP contribution in [0.15, 0.2) is 30.3 Å². The molecule has 1 N–H and O–H groups in total. The molecule has 2 aromatic rings. The highest BCUT2D eigenvalue weighted by atomic mass is 16.3. The first-order chi connectivity index (χ1) is 7.25. The zero-order valence-corrected chi connectivity index (χ0v) is 8.41. The Morgan fingerprint density at radius 2 is 2.07 bits per heavy atom. The predicted molar refractivity (Wildman–Crippen MR) is 53.9 cm³/mol. The number of hydrogen-bond acceptors (Lipinski definition) is 4. The normalized spacial score (nSPS) is 12.7. The Balaban J connectivity index is 2.07. The van der Waals surface area contributed by atoms with Gasteiger partial charge in [0, 0.05) is 6.42 Å². The molecule has 0 saturated carbocycles. The molecule has 1 aromatic carbocycles. The summed E-state index contributed by atoms with van der Waals surface area (Å²) in [6.07, 6.45) is -0.187. The van der Waals surface area contributed by atoms with E-state index in [2.05, 4.69) is 15.4 Å². The van der Waals surface area contributed by atoms with Crippen molar-refractivity contribution in [3.05, 3.63) is 41.7 Å². The van der Waals surface area contributed by atoms with Gasteiger partial charge < -0.3 is 5.11 Å². The van der Waals surface area contributed by atoms with Gasteiger partial charge in [-0.25, -0.2) is 0 Å². The van der Waals surface area contributed by atoms with Crippen LogP contribution in [-0.4, -0.2) is 25.3 Å². The van der Waals surface area contributed by atoms with Crippen LogP contribution >= 0.6 is 0 Å². The van der Waals surface area contributed by atoms with Crippen LogP contribution in [0.2, 0.25) is 0 Å². The van der Waals surface area contributed by atoms with Crippen molar-refractivity contribution in [3.63, 3.8) is 0 Å². The molecule has 1 heterocycles. The third kappa shape index (κ3) is 2.38. The summed E-state index contributed by atoms with van der Waals surface area (Å²) in [5, 5.41) is 21.4. The molecule has 0 saturated heterocycles. The largest absolute Gasteiger partial charge is 0.388 e. The molecular formula is C10H12N4O. The molecule has 1 atom stereocenters. The van der Waals surface area contributed by atoms with E-state index in [1.165, 1.54) is 4.80 Å². The Morgan fingerprint density at radius 1 is 1.33 bits per heavy atom. The Kier molecular flexibility index (Phi) is 2.73. The molecule has 0 amide bonds. The number of aryl methyl sites for hydroxylation is 1. The van der Waals surface area contributed by atoms with Crippen LogP contribution in [0.5, 0.6) is 0 Å². The molecule has 5 heteroatoms. The van der Waals surface area contributed by atoms with Crippen LogP contribution in [-0.2, 0) is 13.5 Å². The molecule has 15 heavy (non-hydrogen) atoms. The van der Waals surface area contributed by atoms with Crippen molar-refractivity contribution in [2.24, 2.45) is 7.05 Å². The maximum absolute atomic E-state index is 9.87. The highest BCUT2D eigenvalue weighted by Crippen LogP contribution is 2.15. The molecule has 0 radical (unpaired) electrons. The van der Waals surface area contributed by atoms with Gasteiger partial charge in [-0.15, -0.1) is 10.2 Å². The number of nitrogens with zero attached hydrogens (tertiary/aromatic N) is 4. The molecule has 0 aliphatic carbocycles. The van der Waals surface area contributed by atoms with Gasteiger partial charge in [0.1, 0.15) is 0 Å². The molecule has 0 aliphatic rings. The number of aliphatic hydroxyl groups excluding tert-OH is 1. The van der Waals surface area contributed by atoms with E-state index in [1.807, 2.05) is 30.3 Å². The second kappa shape index (κ2) is 4.18. The first-order valence-corrected chi connectivity index (χ1v) is 4.71. The summed E-state index contributed by atoms with van der Waals surface area (Å²) in [5.41, 5.74) is 0.866. The average molecular weight is 204 g/mol. The van der Waals surface area contributed by atoms with E-state index >= 15 is 0 Å². The van der Waals surface area contributed by atoms with Crippen LogP contribution in [0.1, 0.15) is 17.5 Å². The number of aromatic nitrogens is 4. The quantitative estimate of drug-likeness (QED) is 0.790. The highest BCUT2D eigenvalue weighted by Gasteiger charge is 2.11. The minimum absolute atomic E-state index is 0.387. The van der Waals surface area contributed by atoms with Crippen molar-refractivity contribution < 1.29 is 5.11 Å². The van der Waals surface area contributed by atoms with Crippen LogP contribution < -0.4 is 0 Å². The molecule has 2 rings (SSSR count). The van der Waals surface area contributed by atoms with Gasteiger partial charge in [-0.2, -0.15) is 4.80 Å². The Morgan fingerprint density at radius 3 is 2.67 bits per heavy atom. The lowest BCUT2D eigenvalue weighted by molar-refractivity contribution is 0.175. The van der Waals surface area contributed by atoms with Crippen molar-refractivity contribution in [2.75, 3.05) is 0 Å². The molecule has 0 spiro atoms. The van der Waals surface area contributed by atoms with E-state index < -0.39 is 6.10 Å². The van der Waals surface area contributed by atoms with E-state index in [0.29, 0.717) is 12.2 Å². The van der Waals surface area contributed by atoms with Gasteiger partial charge in [0.2, 0.25) is 0 Å². The number of aliphatic hydroxyl groups is 1. The van der Waals surface area contributed by atoms with E-state index in [9.17, 15) is 5.11 Å². The van der Waals surface area contributed by atoms with Gasteiger partial charge in [0.15, 0.2) is 5.82 Å². The summed E-state index contributed by atoms with van der Waals surface area (Å²) in [4.78, 5) is 1.38. The average Bonchev–Trinajstić information content (AvgIpc) is 2.65. The number of benzene rings is 1. The molecule has 0 aliphatic heterocycles. The lowest BCUT2D eigenvalue weighted by atomic mass is 10.1. The third-order valence-corrected chi connectivity index (χ3v) is 2.11. The van der Waals surface area contributed by atoms with E-state index in [1.54, 1.807) is 7.05 Å². The Hall–Kier alpha value is -1.75. The van der Waals surface area contributed by atoms with E-state index in [4.69, 9.17) is 0 Å². The smallest absolute Gasteiger partial charge is 0.177 e. The second-order valence-corrected chi connectivity index (χ2v) is 3.33. The molecule has 0 bridgehead atoms. The summed E-state index contributed by atoms with van der Waals surface area (Å²) in [6, 6.07) is 9.45. The highest BCUT2D eigenvalue weighted by molar-refractivity contribution is 5.17. The number of hydrogen-bond donors (Lipinski definition) is 1. The van der Waals surface area contributed by atoms with Gasteiger partial charge in [0.05, 0.1) is 13.2 Å². The lowest BCUT2D eigenvalue weighted by Crippen LogP contribution is -2.03. The summed E-state index contributed by atoms with van der Waals surface area (Å²) in [7, 11) is 1.70. The van der Waals surface area contributed by atoms with Crippen LogP contribution in [0.25, 0.3) is 0 Å². The molecule has 5 nitrogen and oxygen atoms in total. The minimum atomic E-state index is -0.574. The summed E-state index contributed by atoms with van der Waals surface area (Å²) < 4.78 is 0. The standard InChI is InChI=1S/C10H12N4O/c1-14-12-10(11-13-14)7-9(15)8-5-3-2-4-6-8/h2-6,9,15H,7H2,1H3. The van der Waals surface area contributed by atoms with Crippen molar-refractivity contribution in [1.29, 1.82) is 0 Å². The Bertz CT molecular complexity index is 426. The van der Waals surface area contributed by atoms with Gasteiger partial charge in [0.25, 0.3) is 0 Å². The molecule has 1 unspecified atom stereocenters. The Labute approximate surface area is 87.4 Å². The van der Waals surface area contributed by atoms with E-state index in [-0.39, 0.29) is 0 Å². The third-order valence-electron chi connectivity index (χ3n) is 2.11. The summed E-state index contributed by atoms with van der Waals surface area (Å²) in [5.74, 6) is 0.550. The SMILES string of the molecule is Cn1nnc(CC(O)c2ccccc2)n1. The lowest BCUT2D eigenvalue weighted by Gasteiger charge is -2.07. The number of rotatable bonds is 3. The van der Waals surface area contributed by atoms with Gasteiger partial charge >= 0.3 is 0 Å². The molecule has 1 aromatic heterocycles. The molecule has 0 fully saturated rings. The molecular weight excluding hydrogens is 192 g/mol. The first kappa shape index (κ1) is 9.79. The maximum atomic E-state index is 9.87. The summed E-state index contributed by atoms with van der Waals surface area (Å²) >= 11 is 0. The molecule has 78 valence electrons.